The van der Waals surface area contributed by atoms with Crippen molar-refractivity contribution in [3.05, 3.63) is 90.5 Å². The second kappa shape index (κ2) is 30.0. The summed E-state index contributed by atoms with van der Waals surface area (Å²) in [6, 6.07) is 24.5. The van der Waals surface area contributed by atoms with Gasteiger partial charge in [-0.1, -0.05) is 118 Å². The van der Waals surface area contributed by atoms with E-state index in [4.69, 9.17) is 0 Å². The van der Waals surface area contributed by atoms with Crippen molar-refractivity contribution < 1.29 is 9.59 Å². The highest BCUT2D eigenvalue weighted by Gasteiger charge is 2.14. The van der Waals surface area contributed by atoms with E-state index in [9.17, 15) is 9.59 Å². The first kappa shape index (κ1) is 42.5. The van der Waals surface area contributed by atoms with Gasteiger partial charge >= 0.3 is 0 Å². The van der Waals surface area contributed by atoms with Gasteiger partial charge in [0.15, 0.2) is 5.78 Å². The first-order valence-electron chi connectivity index (χ1n) is 15.4. The number of hydrogen-bond donors (Lipinski definition) is 1. The molecular formula is C35H55N5O2. The van der Waals surface area contributed by atoms with Gasteiger partial charge in [0.2, 0.25) is 0 Å². The molecule has 0 saturated carbocycles. The minimum absolute atomic E-state index is 0.0311. The SMILES string of the molecule is CC.CC.CC.CC.CC.CC(N=Nc1ccccc1)C(=O)Cc1ccc(NC(=O)C(C)N=Nc2ccccc2)cc1. The van der Waals surface area contributed by atoms with Crippen molar-refractivity contribution in [1.29, 1.82) is 0 Å². The van der Waals surface area contributed by atoms with Gasteiger partial charge in [-0.15, -0.1) is 0 Å². The lowest BCUT2D eigenvalue weighted by molar-refractivity contribution is -0.119. The van der Waals surface area contributed by atoms with Crippen molar-refractivity contribution >= 4 is 28.8 Å². The van der Waals surface area contributed by atoms with Crippen molar-refractivity contribution in [3.63, 3.8) is 0 Å². The third kappa shape index (κ3) is 19.1. The number of ketones is 1. The number of amides is 1. The fourth-order valence-electron chi connectivity index (χ4n) is 2.71. The number of hydrogen-bond acceptors (Lipinski definition) is 6. The fourth-order valence-corrected chi connectivity index (χ4v) is 2.71. The summed E-state index contributed by atoms with van der Waals surface area (Å²) in [6.07, 6.45) is 0.241. The Labute approximate surface area is 256 Å². The average Bonchev–Trinajstić information content (AvgIpc) is 3.08. The van der Waals surface area contributed by atoms with Gasteiger partial charge in [0, 0.05) is 12.1 Å². The molecule has 42 heavy (non-hydrogen) atoms. The Bertz CT molecular complexity index is 995. The lowest BCUT2D eigenvalue weighted by atomic mass is 10.0. The van der Waals surface area contributed by atoms with E-state index >= 15 is 0 Å². The molecule has 0 spiro atoms. The van der Waals surface area contributed by atoms with Crippen molar-refractivity contribution in [3.8, 4) is 0 Å². The molecule has 0 aromatic heterocycles. The van der Waals surface area contributed by atoms with Crippen LogP contribution in [0.3, 0.4) is 0 Å². The summed E-state index contributed by atoms with van der Waals surface area (Å²) < 4.78 is 0. The normalized spacial score (nSPS) is 10.8. The predicted octanol–water partition coefficient (Wildman–Crippen LogP) is 11.2. The van der Waals surface area contributed by atoms with E-state index in [0.29, 0.717) is 17.1 Å². The largest absolute Gasteiger partial charge is 0.324 e. The maximum absolute atomic E-state index is 12.4. The number of rotatable bonds is 9. The molecule has 0 bridgehead atoms. The van der Waals surface area contributed by atoms with E-state index in [1.54, 1.807) is 26.0 Å². The van der Waals surface area contributed by atoms with Crippen molar-refractivity contribution in [2.75, 3.05) is 5.32 Å². The third-order valence-electron chi connectivity index (χ3n) is 4.65. The summed E-state index contributed by atoms with van der Waals surface area (Å²) in [6.45, 7) is 23.4. The minimum Gasteiger partial charge on any atom is -0.324 e. The van der Waals surface area contributed by atoms with E-state index in [1.165, 1.54) is 0 Å². The van der Waals surface area contributed by atoms with Gasteiger partial charge in [-0.05, 0) is 55.8 Å². The van der Waals surface area contributed by atoms with Gasteiger partial charge in [0.25, 0.3) is 5.91 Å². The molecule has 3 aromatic carbocycles. The molecule has 0 heterocycles. The Morgan fingerprint density at radius 1 is 0.571 bits per heavy atom. The summed E-state index contributed by atoms with van der Waals surface area (Å²) in [5.41, 5.74) is 2.87. The van der Waals surface area contributed by atoms with E-state index in [0.717, 1.165) is 5.56 Å². The molecule has 232 valence electrons. The summed E-state index contributed by atoms with van der Waals surface area (Å²) in [5, 5.41) is 19.2. The Hall–Kier alpha value is -4.00. The van der Waals surface area contributed by atoms with Crippen LogP contribution >= 0.6 is 0 Å². The van der Waals surface area contributed by atoms with Crippen LogP contribution in [0.15, 0.2) is 105 Å². The van der Waals surface area contributed by atoms with Crippen LogP contribution in [0.1, 0.15) is 88.6 Å². The topological polar surface area (TPSA) is 95.6 Å². The number of carbonyl (C=O) groups is 2. The Morgan fingerprint density at radius 3 is 1.36 bits per heavy atom. The molecule has 0 aliphatic rings. The lowest BCUT2D eigenvalue weighted by Crippen LogP contribution is -2.23. The monoisotopic (exact) mass is 577 g/mol. The number of carbonyl (C=O) groups excluding carboxylic acids is 2. The van der Waals surface area contributed by atoms with Crippen molar-refractivity contribution in [2.24, 2.45) is 20.5 Å². The van der Waals surface area contributed by atoms with E-state index in [-0.39, 0.29) is 18.1 Å². The van der Waals surface area contributed by atoms with Crippen LogP contribution in [0.2, 0.25) is 0 Å². The van der Waals surface area contributed by atoms with Crippen LogP contribution < -0.4 is 5.32 Å². The van der Waals surface area contributed by atoms with Crippen LogP contribution in [0.25, 0.3) is 0 Å². The molecular weight excluding hydrogens is 522 g/mol. The van der Waals surface area contributed by atoms with Gasteiger partial charge in [0.1, 0.15) is 12.1 Å². The number of azo groups is 2. The number of nitrogens with one attached hydrogen (secondary N) is 1. The molecule has 0 fully saturated rings. The van der Waals surface area contributed by atoms with Crippen LogP contribution in [-0.2, 0) is 16.0 Å². The number of anilines is 1. The Morgan fingerprint density at radius 2 is 0.952 bits per heavy atom. The molecule has 2 unspecified atom stereocenters. The lowest BCUT2D eigenvalue weighted by Gasteiger charge is -2.09. The zero-order valence-electron chi connectivity index (χ0n) is 28.1. The highest BCUT2D eigenvalue weighted by atomic mass is 16.2. The first-order valence-corrected chi connectivity index (χ1v) is 15.4. The Kier molecular flexibility index (Phi) is 30.3. The van der Waals surface area contributed by atoms with Gasteiger partial charge in [-0.3, -0.25) is 9.59 Å². The highest BCUT2D eigenvalue weighted by Crippen LogP contribution is 2.15. The summed E-state index contributed by atoms with van der Waals surface area (Å²) in [7, 11) is 0. The molecule has 3 rings (SSSR count). The molecule has 1 amide bonds. The molecule has 0 aliphatic carbocycles. The highest BCUT2D eigenvalue weighted by molar-refractivity contribution is 5.94. The smallest absolute Gasteiger partial charge is 0.250 e. The fraction of sp³-hybridized carbons (Fsp3) is 0.429. The van der Waals surface area contributed by atoms with Crippen molar-refractivity contribution in [2.45, 2.75) is 102 Å². The molecule has 0 aliphatic heterocycles. The molecule has 0 saturated heterocycles. The van der Waals surface area contributed by atoms with Gasteiger partial charge in [-0.25, -0.2) is 0 Å². The number of nitrogens with zero attached hydrogens (tertiary/aromatic N) is 4. The van der Waals surface area contributed by atoms with Gasteiger partial charge in [0.05, 0.1) is 11.4 Å². The minimum atomic E-state index is -0.632. The number of Topliss-reactive ketones (excluding diaryl/α,β-unsaturated/α-hetero) is 1. The van der Waals surface area contributed by atoms with E-state index in [1.807, 2.05) is 142 Å². The third-order valence-corrected chi connectivity index (χ3v) is 4.65. The molecule has 3 aromatic rings. The molecule has 1 N–H and O–H groups in total. The van der Waals surface area contributed by atoms with Crippen LogP contribution in [0.5, 0.6) is 0 Å². The molecule has 0 radical (unpaired) electrons. The summed E-state index contributed by atoms with van der Waals surface area (Å²) >= 11 is 0. The quantitative estimate of drug-likeness (QED) is 0.256. The summed E-state index contributed by atoms with van der Waals surface area (Å²) in [4.78, 5) is 24.8. The van der Waals surface area contributed by atoms with Crippen LogP contribution in [0.4, 0.5) is 17.1 Å². The standard InChI is InChI=1S/C25H25N5O2.5C2H6/c1-18(27-29-22-9-5-3-6-10-22)24(31)17-20-13-15-21(16-14-20)26-25(32)19(2)28-30-23-11-7-4-8-12-23;5*1-2/h3-16,18-19H,17H2,1-2H3,(H,26,32);5*1-2H3. The maximum atomic E-state index is 12.4. The number of benzene rings is 3. The second-order valence-corrected chi connectivity index (χ2v) is 7.28. The van der Waals surface area contributed by atoms with Gasteiger partial charge in [-0.2, -0.15) is 20.5 Å². The van der Waals surface area contributed by atoms with E-state index in [2.05, 4.69) is 25.8 Å². The molecule has 2 atom stereocenters. The predicted molar refractivity (Wildman–Crippen MR) is 181 cm³/mol. The second-order valence-electron chi connectivity index (χ2n) is 7.28. The Balaban J connectivity index is -0.00000137. The van der Waals surface area contributed by atoms with Crippen LogP contribution in [0, 0.1) is 0 Å². The van der Waals surface area contributed by atoms with Crippen LogP contribution in [-0.4, -0.2) is 23.8 Å². The zero-order valence-corrected chi connectivity index (χ0v) is 28.1. The zero-order chi connectivity index (χ0) is 32.8. The first-order chi connectivity index (χ1) is 20.5. The maximum Gasteiger partial charge on any atom is 0.250 e. The molecule has 7 heteroatoms. The van der Waals surface area contributed by atoms with Crippen molar-refractivity contribution in [1.82, 2.24) is 0 Å². The summed E-state index contributed by atoms with van der Waals surface area (Å²) in [5.74, 6) is -0.292. The van der Waals surface area contributed by atoms with E-state index < -0.39 is 12.1 Å². The average molecular weight is 578 g/mol. The van der Waals surface area contributed by atoms with Gasteiger partial charge < -0.3 is 5.32 Å². The molecule has 7 nitrogen and oxygen atoms in total.